The highest BCUT2D eigenvalue weighted by atomic mass is 19.4. The fraction of sp³-hybridized carbons (Fsp3) is 0.417. The lowest BCUT2D eigenvalue weighted by Crippen LogP contribution is -2.50. The molecule has 1 aliphatic heterocycles. The third-order valence-electron chi connectivity index (χ3n) is 5.59. The number of alkyl halides is 3. The van der Waals surface area contributed by atoms with Gasteiger partial charge in [-0.15, -0.1) is 0 Å². The summed E-state index contributed by atoms with van der Waals surface area (Å²) in [5, 5.41) is 0. The van der Waals surface area contributed by atoms with Crippen LogP contribution in [-0.2, 0) is 26.9 Å². The van der Waals surface area contributed by atoms with Gasteiger partial charge in [-0.2, -0.15) is 13.2 Å². The van der Waals surface area contributed by atoms with Crippen LogP contribution < -0.4 is 14.4 Å². The number of esters is 1. The zero-order chi connectivity index (χ0) is 24.7. The minimum atomic E-state index is -4.41. The Labute approximate surface area is 196 Å². The lowest BCUT2D eigenvalue weighted by atomic mass is 10.1. The summed E-state index contributed by atoms with van der Waals surface area (Å²) >= 11 is 0. The van der Waals surface area contributed by atoms with E-state index < -0.39 is 17.7 Å². The molecule has 0 N–H and O–H groups in total. The maximum atomic E-state index is 12.9. The van der Waals surface area contributed by atoms with E-state index in [1.54, 1.807) is 28.0 Å². The summed E-state index contributed by atoms with van der Waals surface area (Å²) in [4.78, 5) is 27.8. The van der Waals surface area contributed by atoms with Crippen molar-refractivity contribution in [3.05, 3.63) is 53.6 Å². The van der Waals surface area contributed by atoms with Gasteiger partial charge in [-0.05, 0) is 42.3 Å². The number of carbonyl (C=O) groups is 2. The van der Waals surface area contributed by atoms with Crippen LogP contribution in [0.3, 0.4) is 0 Å². The third-order valence-corrected chi connectivity index (χ3v) is 5.59. The Kier molecular flexibility index (Phi) is 8.25. The summed E-state index contributed by atoms with van der Waals surface area (Å²) in [6, 6.07) is 10.5. The molecule has 0 spiro atoms. The van der Waals surface area contributed by atoms with Gasteiger partial charge in [-0.1, -0.05) is 12.1 Å². The average molecular weight is 480 g/mol. The number of ether oxygens (including phenoxy) is 3. The molecule has 1 fully saturated rings. The molecule has 0 bridgehead atoms. The third kappa shape index (κ3) is 6.55. The summed E-state index contributed by atoms with van der Waals surface area (Å²) in [5.41, 5.74) is 0.624. The zero-order valence-electron chi connectivity index (χ0n) is 19.1. The highest BCUT2D eigenvalue weighted by Gasteiger charge is 2.31. The van der Waals surface area contributed by atoms with E-state index in [4.69, 9.17) is 14.2 Å². The number of amides is 1. The van der Waals surface area contributed by atoms with Crippen LogP contribution in [-0.4, -0.2) is 63.8 Å². The zero-order valence-corrected chi connectivity index (χ0v) is 19.1. The van der Waals surface area contributed by atoms with Crippen molar-refractivity contribution >= 4 is 17.6 Å². The van der Waals surface area contributed by atoms with Crippen LogP contribution >= 0.6 is 0 Å². The number of hydrogen-bond donors (Lipinski definition) is 0. The Balaban J connectivity index is 1.43. The first kappa shape index (κ1) is 25.2. The van der Waals surface area contributed by atoms with Crippen molar-refractivity contribution in [3.8, 4) is 11.5 Å². The molecule has 184 valence electrons. The van der Waals surface area contributed by atoms with Crippen molar-refractivity contribution < 1.29 is 37.0 Å². The van der Waals surface area contributed by atoms with Gasteiger partial charge < -0.3 is 24.0 Å². The molecule has 3 rings (SSSR count). The summed E-state index contributed by atoms with van der Waals surface area (Å²) in [5.74, 6) is 0.328. The molecule has 1 aliphatic rings. The van der Waals surface area contributed by atoms with E-state index >= 15 is 0 Å². The molecule has 0 aromatic heterocycles. The van der Waals surface area contributed by atoms with Crippen LogP contribution in [0.5, 0.6) is 11.5 Å². The van der Waals surface area contributed by atoms with Gasteiger partial charge in [0.05, 0.1) is 19.8 Å². The van der Waals surface area contributed by atoms with Gasteiger partial charge >= 0.3 is 12.1 Å². The molecule has 0 atom stereocenters. The van der Waals surface area contributed by atoms with Gasteiger partial charge in [0.15, 0.2) is 18.1 Å². The highest BCUT2D eigenvalue weighted by molar-refractivity contribution is 5.81. The monoisotopic (exact) mass is 480 g/mol. The topological polar surface area (TPSA) is 68.3 Å². The fourth-order valence-electron chi connectivity index (χ4n) is 3.68. The first-order chi connectivity index (χ1) is 16.2. The van der Waals surface area contributed by atoms with Gasteiger partial charge in [-0.3, -0.25) is 9.59 Å². The molecule has 7 nitrogen and oxygen atoms in total. The number of rotatable bonds is 8. The largest absolute Gasteiger partial charge is 0.493 e. The Morgan fingerprint density at radius 3 is 2.29 bits per heavy atom. The number of anilines is 1. The molecule has 0 aliphatic carbocycles. The summed E-state index contributed by atoms with van der Waals surface area (Å²) < 4.78 is 54.4. The molecule has 1 saturated heterocycles. The molecule has 1 amide bonds. The van der Waals surface area contributed by atoms with Gasteiger partial charge in [0, 0.05) is 38.3 Å². The second kappa shape index (κ2) is 11.1. The Bertz CT molecular complexity index is 1000. The van der Waals surface area contributed by atoms with E-state index in [0.29, 0.717) is 49.8 Å². The number of carbonyl (C=O) groups excluding carboxylic acids is 2. The van der Waals surface area contributed by atoms with Gasteiger partial charge in [0.1, 0.15) is 0 Å². The van der Waals surface area contributed by atoms with Crippen molar-refractivity contribution in [2.75, 3.05) is 51.9 Å². The van der Waals surface area contributed by atoms with E-state index in [9.17, 15) is 22.8 Å². The van der Waals surface area contributed by atoms with Crippen LogP contribution in [0.15, 0.2) is 42.5 Å². The fourth-order valence-corrected chi connectivity index (χ4v) is 3.68. The van der Waals surface area contributed by atoms with Crippen molar-refractivity contribution in [2.24, 2.45) is 0 Å². The molecule has 1 heterocycles. The van der Waals surface area contributed by atoms with Crippen molar-refractivity contribution in [1.82, 2.24) is 4.90 Å². The average Bonchev–Trinajstić information content (AvgIpc) is 2.85. The number of halogens is 3. The smallest absolute Gasteiger partial charge is 0.416 e. The standard InChI is InChI=1S/C24H27F3N2O5/c1-32-20-8-6-17(14-21(20)33-2)7-9-23(31)34-16-22(30)29-12-10-28(11-13-29)19-5-3-4-18(15-19)24(25,26)27/h3-6,8,14-15H,7,9-13,16H2,1-2H3. The Morgan fingerprint density at radius 2 is 1.65 bits per heavy atom. The second-order valence-corrected chi connectivity index (χ2v) is 7.77. The number of benzene rings is 2. The number of methoxy groups -OCH3 is 2. The summed E-state index contributed by atoms with van der Waals surface area (Å²) in [6.45, 7) is 1.07. The molecule has 34 heavy (non-hydrogen) atoms. The van der Waals surface area contributed by atoms with E-state index in [1.165, 1.54) is 20.3 Å². The van der Waals surface area contributed by atoms with Crippen molar-refractivity contribution in [2.45, 2.75) is 19.0 Å². The molecular weight excluding hydrogens is 453 g/mol. The van der Waals surface area contributed by atoms with Crippen molar-refractivity contribution in [1.29, 1.82) is 0 Å². The van der Waals surface area contributed by atoms with E-state index in [2.05, 4.69) is 0 Å². The molecular formula is C24H27F3N2O5. The first-order valence-corrected chi connectivity index (χ1v) is 10.8. The number of nitrogens with zero attached hydrogens (tertiary/aromatic N) is 2. The predicted octanol–water partition coefficient (Wildman–Crippen LogP) is 3.55. The van der Waals surface area contributed by atoms with E-state index in [-0.39, 0.29) is 18.9 Å². The molecule has 2 aromatic carbocycles. The van der Waals surface area contributed by atoms with Crippen LogP contribution in [0.2, 0.25) is 0 Å². The maximum absolute atomic E-state index is 12.9. The first-order valence-electron chi connectivity index (χ1n) is 10.8. The SMILES string of the molecule is COc1ccc(CCC(=O)OCC(=O)N2CCN(c3cccc(C(F)(F)F)c3)CC2)cc1OC. The molecule has 0 radical (unpaired) electrons. The maximum Gasteiger partial charge on any atom is 0.416 e. The van der Waals surface area contributed by atoms with Crippen LogP contribution in [0.25, 0.3) is 0 Å². The predicted molar refractivity (Wildman–Crippen MR) is 119 cm³/mol. The molecule has 10 heteroatoms. The van der Waals surface area contributed by atoms with Gasteiger partial charge in [0.2, 0.25) is 0 Å². The molecule has 0 saturated carbocycles. The van der Waals surface area contributed by atoms with E-state index in [0.717, 1.165) is 17.7 Å². The van der Waals surface area contributed by atoms with Gasteiger partial charge in [-0.25, -0.2) is 0 Å². The number of hydrogen-bond acceptors (Lipinski definition) is 6. The van der Waals surface area contributed by atoms with Crippen LogP contribution in [0, 0.1) is 0 Å². The Morgan fingerprint density at radius 1 is 0.941 bits per heavy atom. The highest BCUT2D eigenvalue weighted by Crippen LogP contribution is 2.32. The molecule has 0 unspecified atom stereocenters. The van der Waals surface area contributed by atoms with Gasteiger partial charge in [0.25, 0.3) is 5.91 Å². The quantitative estimate of drug-likeness (QED) is 0.539. The minimum Gasteiger partial charge on any atom is -0.493 e. The summed E-state index contributed by atoms with van der Waals surface area (Å²) in [7, 11) is 3.07. The lowest BCUT2D eigenvalue weighted by Gasteiger charge is -2.36. The lowest BCUT2D eigenvalue weighted by molar-refractivity contribution is -0.152. The minimum absolute atomic E-state index is 0.103. The normalized spacial score (nSPS) is 14.0. The second-order valence-electron chi connectivity index (χ2n) is 7.77. The number of piperazine rings is 1. The Hall–Kier alpha value is -3.43. The summed E-state index contributed by atoms with van der Waals surface area (Å²) in [6.07, 6.45) is -3.88. The van der Waals surface area contributed by atoms with E-state index in [1.807, 2.05) is 6.07 Å². The van der Waals surface area contributed by atoms with Crippen LogP contribution in [0.1, 0.15) is 17.5 Å². The molecule has 2 aromatic rings. The van der Waals surface area contributed by atoms with Crippen LogP contribution in [0.4, 0.5) is 18.9 Å². The number of aryl methyl sites for hydroxylation is 1. The van der Waals surface area contributed by atoms with Crippen molar-refractivity contribution in [3.63, 3.8) is 0 Å².